The Balaban J connectivity index is 2.48. The quantitative estimate of drug-likeness (QED) is 0.922. The summed E-state index contributed by atoms with van der Waals surface area (Å²) >= 11 is 12.1. The minimum Gasteiger partial charge on any atom is -0.326 e. The second-order valence-electron chi connectivity index (χ2n) is 5.09. The maximum atomic E-state index is 12.8. The van der Waals surface area contributed by atoms with Crippen LogP contribution in [-0.4, -0.2) is 31.4 Å². The van der Waals surface area contributed by atoms with Crippen LogP contribution < -0.4 is 5.73 Å². The summed E-state index contributed by atoms with van der Waals surface area (Å²) in [7, 11) is -3.73. The molecule has 0 aliphatic carbocycles. The lowest BCUT2D eigenvalue weighted by molar-refractivity contribution is 0.227. The zero-order valence-corrected chi connectivity index (χ0v) is 13.5. The zero-order chi connectivity index (χ0) is 14.9. The topological polar surface area (TPSA) is 63.4 Å². The van der Waals surface area contributed by atoms with Gasteiger partial charge in [-0.2, -0.15) is 4.31 Å². The molecule has 0 bridgehead atoms. The Bertz CT molecular complexity index is 570. The van der Waals surface area contributed by atoms with E-state index in [9.17, 15) is 8.42 Å². The molecule has 0 radical (unpaired) electrons. The first-order valence-electron chi connectivity index (χ1n) is 6.57. The van der Waals surface area contributed by atoms with E-state index >= 15 is 0 Å². The Morgan fingerprint density at radius 2 is 1.90 bits per heavy atom. The van der Waals surface area contributed by atoms with Gasteiger partial charge >= 0.3 is 0 Å². The molecule has 0 saturated carbocycles. The van der Waals surface area contributed by atoms with Crippen LogP contribution in [0, 0.1) is 0 Å². The van der Waals surface area contributed by atoms with Gasteiger partial charge in [0.25, 0.3) is 0 Å². The van der Waals surface area contributed by atoms with Crippen molar-refractivity contribution in [1.29, 1.82) is 0 Å². The third-order valence-corrected chi connectivity index (χ3v) is 6.47. The predicted octanol–water partition coefficient (Wildman–Crippen LogP) is 2.88. The Morgan fingerprint density at radius 3 is 2.45 bits per heavy atom. The maximum Gasteiger partial charge on any atom is 0.246 e. The molecule has 1 saturated heterocycles. The molecule has 4 nitrogen and oxygen atoms in total. The summed E-state index contributed by atoms with van der Waals surface area (Å²) in [4.78, 5) is -0.0177. The van der Waals surface area contributed by atoms with E-state index in [1.165, 1.54) is 16.4 Å². The molecule has 2 unspecified atom stereocenters. The van der Waals surface area contributed by atoms with Crippen molar-refractivity contribution in [3.63, 3.8) is 0 Å². The van der Waals surface area contributed by atoms with E-state index in [4.69, 9.17) is 28.9 Å². The predicted molar refractivity (Wildman–Crippen MR) is 81.6 cm³/mol. The summed E-state index contributed by atoms with van der Waals surface area (Å²) in [5, 5.41) is 0.290. The molecule has 0 amide bonds. The molecule has 2 rings (SSSR count). The van der Waals surface area contributed by atoms with Crippen LogP contribution in [-0.2, 0) is 10.0 Å². The summed E-state index contributed by atoms with van der Waals surface area (Å²) in [6.45, 7) is 2.28. The van der Waals surface area contributed by atoms with Crippen LogP contribution in [0.4, 0.5) is 0 Å². The monoisotopic (exact) mass is 336 g/mol. The zero-order valence-electron chi connectivity index (χ0n) is 11.2. The van der Waals surface area contributed by atoms with Crippen LogP contribution in [0.3, 0.4) is 0 Å². The second kappa shape index (κ2) is 6.20. The van der Waals surface area contributed by atoms with Crippen LogP contribution in [0.5, 0.6) is 0 Å². The fourth-order valence-corrected chi connectivity index (χ4v) is 5.47. The smallest absolute Gasteiger partial charge is 0.246 e. The molecule has 0 aromatic heterocycles. The highest BCUT2D eigenvalue weighted by atomic mass is 35.5. The average molecular weight is 337 g/mol. The van der Waals surface area contributed by atoms with Gasteiger partial charge in [0.1, 0.15) is 4.90 Å². The van der Waals surface area contributed by atoms with E-state index in [1.54, 1.807) is 6.07 Å². The highest BCUT2D eigenvalue weighted by molar-refractivity contribution is 7.89. The molecule has 2 atom stereocenters. The van der Waals surface area contributed by atoms with E-state index in [-0.39, 0.29) is 27.0 Å². The molecule has 0 spiro atoms. The molecule has 112 valence electrons. The summed E-state index contributed by atoms with van der Waals surface area (Å²) in [5.41, 5.74) is 5.94. The summed E-state index contributed by atoms with van der Waals surface area (Å²) in [5.74, 6) is 0. The average Bonchev–Trinajstić information content (AvgIpc) is 2.38. The lowest BCUT2D eigenvalue weighted by Gasteiger charge is -2.37. The second-order valence-corrected chi connectivity index (χ2v) is 7.73. The lowest BCUT2D eigenvalue weighted by atomic mass is 10.00. The molecule has 1 aliphatic heterocycles. The van der Waals surface area contributed by atoms with Gasteiger partial charge in [-0.15, -0.1) is 0 Å². The minimum atomic E-state index is -3.73. The van der Waals surface area contributed by atoms with E-state index in [1.807, 2.05) is 6.92 Å². The summed E-state index contributed by atoms with van der Waals surface area (Å²) in [6.07, 6.45) is 2.57. The Kier molecular flexibility index (Phi) is 4.97. The molecule has 1 aliphatic rings. The van der Waals surface area contributed by atoms with Crippen LogP contribution in [0.25, 0.3) is 0 Å². The summed E-state index contributed by atoms with van der Waals surface area (Å²) < 4.78 is 27.1. The van der Waals surface area contributed by atoms with Gasteiger partial charge in [0.2, 0.25) is 10.0 Å². The standard InChI is InChI=1S/C13H18Cl2N2O2S/c1-9(16)12-7-2-3-8-17(12)20(18,19)13-10(14)5-4-6-11(13)15/h4-6,9,12H,2-3,7-8,16H2,1H3. The Hall–Kier alpha value is -0.330. The van der Waals surface area contributed by atoms with Crippen LogP contribution in [0.1, 0.15) is 26.2 Å². The number of rotatable bonds is 3. The first kappa shape index (κ1) is 16.0. The van der Waals surface area contributed by atoms with Crippen molar-refractivity contribution >= 4 is 33.2 Å². The fraction of sp³-hybridized carbons (Fsp3) is 0.538. The lowest BCUT2D eigenvalue weighted by Crippen LogP contribution is -2.51. The van der Waals surface area contributed by atoms with Gasteiger partial charge in [0.05, 0.1) is 10.0 Å². The van der Waals surface area contributed by atoms with Gasteiger partial charge < -0.3 is 5.73 Å². The van der Waals surface area contributed by atoms with E-state index < -0.39 is 10.0 Å². The molecule has 1 fully saturated rings. The van der Waals surface area contributed by atoms with Crippen LogP contribution >= 0.6 is 23.2 Å². The number of piperidine rings is 1. The molecular weight excluding hydrogens is 319 g/mol. The first-order chi connectivity index (χ1) is 9.35. The van der Waals surface area contributed by atoms with Crippen molar-refractivity contribution in [3.8, 4) is 0 Å². The number of nitrogens with zero attached hydrogens (tertiary/aromatic N) is 1. The number of hydrogen-bond acceptors (Lipinski definition) is 3. The van der Waals surface area contributed by atoms with E-state index in [0.29, 0.717) is 6.54 Å². The summed E-state index contributed by atoms with van der Waals surface area (Å²) in [6, 6.07) is 4.26. The largest absolute Gasteiger partial charge is 0.326 e. The van der Waals surface area contributed by atoms with Gasteiger partial charge in [0, 0.05) is 18.6 Å². The van der Waals surface area contributed by atoms with Crippen molar-refractivity contribution < 1.29 is 8.42 Å². The molecule has 20 heavy (non-hydrogen) atoms. The number of sulfonamides is 1. The van der Waals surface area contributed by atoms with Crippen molar-refractivity contribution in [1.82, 2.24) is 4.31 Å². The minimum absolute atomic E-state index is 0.0177. The third-order valence-electron chi connectivity index (χ3n) is 3.59. The number of nitrogens with two attached hydrogens (primary N) is 1. The Labute approximate surface area is 129 Å². The van der Waals surface area contributed by atoms with Gasteiger partial charge in [0.15, 0.2) is 0 Å². The van der Waals surface area contributed by atoms with Crippen molar-refractivity contribution in [2.75, 3.05) is 6.54 Å². The first-order valence-corrected chi connectivity index (χ1v) is 8.76. The Morgan fingerprint density at radius 1 is 1.30 bits per heavy atom. The third kappa shape index (κ3) is 2.97. The number of hydrogen-bond donors (Lipinski definition) is 1. The van der Waals surface area contributed by atoms with Crippen LogP contribution in [0.2, 0.25) is 10.0 Å². The molecule has 7 heteroatoms. The number of halogens is 2. The van der Waals surface area contributed by atoms with Crippen molar-refractivity contribution in [2.24, 2.45) is 5.73 Å². The maximum absolute atomic E-state index is 12.8. The molecule has 1 aromatic carbocycles. The highest BCUT2D eigenvalue weighted by Gasteiger charge is 2.37. The van der Waals surface area contributed by atoms with Gasteiger partial charge in [-0.05, 0) is 31.9 Å². The van der Waals surface area contributed by atoms with Gasteiger partial charge in [-0.3, -0.25) is 0 Å². The molecule has 2 N–H and O–H groups in total. The molecule has 1 heterocycles. The van der Waals surface area contributed by atoms with Gasteiger partial charge in [-0.25, -0.2) is 8.42 Å². The van der Waals surface area contributed by atoms with E-state index in [0.717, 1.165) is 19.3 Å². The van der Waals surface area contributed by atoms with Crippen molar-refractivity contribution in [2.45, 2.75) is 43.2 Å². The van der Waals surface area contributed by atoms with E-state index in [2.05, 4.69) is 0 Å². The van der Waals surface area contributed by atoms with Crippen molar-refractivity contribution in [3.05, 3.63) is 28.2 Å². The van der Waals surface area contributed by atoms with Crippen LogP contribution in [0.15, 0.2) is 23.1 Å². The molecule has 1 aromatic rings. The molecular formula is C13H18Cl2N2O2S. The normalized spacial score (nSPS) is 22.7. The SMILES string of the molecule is CC(N)C1CCCCN1S(=O)(=O)c1c(Cl)cccc1Cl. The fourth-order valence-electron chi connectivity index (χ4n) is 2.60. The number of benzene rings is 1. The van der Waals surface area contributed by atoms with Gasteiger partial charge in [-0.1, -0.05) is 35.7 Å². The highest BCUT2D eigenvalue weighted by Crippen LogP contribution is 2.34.